The van der Waals surface area contributed by atoms with Crippen LogP contribution in [0.3, 0.4) is 0 Å². The van der Waals surface area contributed by atoms with E-state index in [9.17, 15) is 81.8 Å². The van der Waals surface area contributed by atoms with Gasteiger partial charge in [0.05, 0.1) is 12.4 Å². The fourth-order valence-electron chi connectivity index (χ4n) is 17.7. The molecule has 5 heterocycles. The molecule has 0 aromatic carbocycles. The molecule has 0 saturated carbocycles. The molecule has 778 valence electrons. The first-order chi connectivity index (χ1) is 65.7. The quantitative estimate of drug-likeness (QED) is 0.0219. The van der Waals surface area contributed by atoms with E-state index in [1.807, 2.05) is 13.8 Å². The van der Waals surface area contributed by atoms with Crippen molar-refractivity contribution in [2.45, 2.75) is 383 Å². The number of nitrogens with zero attached hydrogens (tertiary/aromatic N) is 7. The summed E-state index contributed by atoms with van der Waals surface area (Å²) in [7, 11) is 0. The summed E-state index contributed by atoms with van der Waals surface area (Å²) in [6.07, 6.45) is 23.2. The number of rotatable bonds is 66. The average Bonchev–Trinajstić information content (AvgIpc) is 1.64. The first-order valence-electron chi connectivity index (χ1n) is 49.8. The Hall–Kier alpha value is -11.0. The number of aromatic nitrogens is 2. The van der Waals surface area contributed by atoms with E-state index in [1.165, 1.54) is 129 Å². The third-order valence-corrected chi connectivity index (χ3v) is 26.0. The van der Waals surface area contributed by atoms with Crippen molar-refractivity contribution in [3.8, 4) is 0 Å². The number of aliphatic imine (C=N–C) groups is 2. The van der Waals surface area contributed by atoms with Crippen LogP contribution in [0.15, 0.2) is 22.5 Å². The van der Waals surface area contributed by atoms with E-state index < -0.39 is 197 Å². The lowest BCUT2D eigenvalue weighted by molar-refractivity contribution is -0.145. The number of amides is 17. The highest BCUT2D eigenvalue weighted by atomic mass is 32.2. The highest BCUT2D eigenvalue weighted by Crippen LogP contribution is 2.27. The number of carbonyl (C=O) groups is 17. The van der Waals surface area contributed by atoms with E-state index >= 15 is 4.79 Å². The van der Waals surface area contributed by atoms with Crippen molar-refractivity contribution < 1.29 is 86.6 Å². The minimum Gasteiger partial charge on any atom is -0.391 e. The Balaban J connectivity index is 1.27. The van der Waals surface area contributed by atoms with Crippen LogP contribution < -0.4 is 98.6 Å². The molecular formula is C93H162N26O18S. The Morgan fingerprint density at radius 3 is 1.28 bits per heavy atom. The molecule has 17 amide bonds. The molecule has 4 aliphatic heterocycles. The molecule has 0 bridgehead atoms. The van der Waals surface area contributed by atoms with E-state index in [0.29, 0.717) is 57.1 Å². The van der Waals surface area contributed by atoms with Gasteiger partial charge >= 0.3 is 0 Å². The first kappa shape index (κ1) is 118. The minimum atomic E-state index is -1.81. The Labute approximate surface area is 816 Å². The summed E-state index contributed by atoms with van der Waals surface area (Å²) in [5.74, 6) is -13.7. The predicted molar refractivity (Wildman–Crippen MR) is 523 cm³/mol. The molecule has 138 heavy (non-hydrogen) atoms. The van der Waals surface area contributed by atoms with E-state index in [4.69, 9.17) is 40.1 Å². The van der Waals surface area contributed by atoms with E-state index in [2.05, 4.69) is 85.4 Å². The van der Waals surface area contributed by atoms with Gasteiger partial charge < -0.3 is 128 Å². The Kier molecular flexibility index (Phi) is 53.5. The summed E-state index contributed by atoms with van der Waals surface area (Å²) in [6.45, 7) is 13.9. The van der Waals surface area contributed by atoms with Crippen molar-refractivity contribution >= 4 is 124 Å². The third-order valence-electron chi connectivity index (χ3n) is 25.4. The van der Waals surface area contributed by atoms with Gasteiger partial charge in [0.2, 0.25) is 100 Å². The molecule has 4 fully saturated rings. The van der Waals surface area contributed by atoms with Gasteiger partial charge in [-0.1, -0.05) is 125 Å². The van der Waals surface area contributed by atoms with Crippen LogP contribution in [-0.2, 0) is 87.9 Å². The molecule has 16 atom stereocenters. The topological polar surface area (TPSA) is 691 Å². The second-order valence-corrected chi connectivity index (χ2v) is 38.6. The van der Waals surface area contributed by atoms with Gasteiger partial charge in [0.15, 0.2) is 11.9 Å². The van der Waals surface area contributed by atoms with Crippen molar-refractivity contribution in [2.24, 2.45) is 62.0 Å². The van der Waals surface area contributed by atoms with Gasteiger partial charge in [-0.25, -0.2) is 4.98 Å². The molecule has 0 aliphatic carbocycles. The van der Waals surface area contributed by atoms with Crippen molar-refractivity contribution in [3.63, 3.8) is 0 Å². The summed E-state index contributed by atoms with van der Waals surface area (Å²) in [5, 5.41) is 41.2. The molecule has 0 radical (unpaired) electrons. The summed E-state index contributed by atoms with van der Waals surface area (Å²) in [5.41, 5.74) is 39.8. The zero-order chi connectivity index (χ0) is 102. The van der Waals surface area contributed by atoms with Crippen molar-refractivity contribution in [1.82, 2.24) is 88.1 Å². The summed E-state index contributed by atoms with van der Waals surface area (Å²) in [6, 6.07) is -19.4. The molecular weight excluding hydrogens is 1800 g/mol. The van der Waals surface area contributed by atoms with E-state index in [0.717, 1.165) is 25.7 Å². The number of primary amides is 2. The number of aliphatic hydroxyl groups excluding tert-OH is 1. The molecule has 44 nitrogen and oxygen atoms in total. The lowest BCUT2D eigenvalue weighted by Crippen LogP contribution is -2.62. The molecule has 1 aromatic rings. The van der Waals surface area contributed by atoms with Gasteiger partial charge in [-0.05, 0) is 173 Å². The Morgan fingerprint density at radius 2 is 0.819 bits per heavy atom. The molecule has 5 rings (SSSR count). The standard InChI is InChI=1S/C93H162N26O18S/c1-10-11-12-13-14-15-16-17-18-19-20-21-22-23-24-40-74(122)105-58(6)78(124)107-62(34-27-45-102-92(97)98)80(126)112-67(52-56(2)3)90(136)118-49-31-38-71(118)84(130)108-63(35-28-46-103-93(99)100)81(127)115-76(60(8)120)87(133)109-64(43-51-138-9)82(128)114-75(57(4)5)86(132)113-68(53-61-54-101-55-104-61)91(137)119-50-32-39-72(119)85(131)111-65(33-25-26-44-94)88(134)117-48-30-37-70(117)83(129)106-59(7)79(125)110-66(41-42-73(95)121)89(135)116-47-29-36-69(116)77(96)123/h54-60,62-72,75-76,120H,10-53,94H2,1-9H3,(H2,95,121)(H2,96,123)(H,101,104)(H,105,122)(H,106,129)(H,107,124)(H,108,130)(H,109,133)(H,110,125)(H,111,131)(H,112,126)(H,113,132)(H,114,128)(H,115,127)(H4,97,98,102)(H4,99,100,103)/t58-,59-,60+,62-,63-,64-,65-,66-,67-,68-,69-,70-,71-,72-,75-,76-/m0/s1. The number of aromatic amines is 1. The van der Waals surface area contributed by atoms with Gasteiger partial charge in [0, 0.05) is 70.4 Å². The van der Waals surface area contributed by atoms with Gasteiger partial charge in [-0.3, -0.25) is 91.5 Å². The molecule has 4 saturated heterocycles. The van der Waals surface area contributed by atoms with Crippen LogP contribution >= 0.6 is 11.8 Å². The second-order valence-electron chi connectivity index (χ2n) is 37.6. The smallest absolute Gasteiger partial charge is 0.246 e. The van der Waals surface area contributed by atoms with Crippen LogP contribution in [0.1, 0.15) is 286 Å². The van der Waals surface area contributed by atoms with Crippen molar-refractivity contribution in [1.29, 1.82) is 0 Å². The highest BCUT2D eigenvalue weighted by molar-refractivity contribution is 7.98. The lowest BCUT2D eigenvalue weighted by atomic mass is 10.0. The number of guanidine groups is 2. The number of carbonyl (C=O) groups excluding carboxylic acids is 17. The first-order valence-corrected chi connectivity index (χ1v) is 51.2. The summed E-state index contributed by atoms with van der Waals surface area (Å²) >= 11 is 1.31. The maximum absolute atomic E-state index is 15.2. The van der Waals surface area contributed by atoms with Gasteiger partial charge in [0.1, 0.15) is 90.6 Å². The van der Waals surface area contributed by atoms with Gasteiger partial charge in [-0.15, -0.1) is 0 Å². The van der Waals surface area contributed by atoms with E-state index in [-0.39, 0.29) is 165 Å². The number of nitrogens with two attached hydrogens (primary N) is 7. The Bertz CT molecular complexity index is 4150. The largest absolute Gasteiger partial charge is 0.391 e. The number of thioether (sulfide) groups is 1. The molecule has 27 N–H and O–H groups in total. The predicted octanol–water partition coefficient (Wildman–Crippen LogP) is -0.627. The van der Waals surface area contributed by atoms with Crippen LogP contribution in [0.2, 0.25) is 0 Å². The molecule has 1 aromatic heterocycles. The second kappa shape index (κ2) is 62.8. The van der Waals surface area contributed by atoms with Gasteiger partial charge in [0.25, 0.3) is 0 Å². The molecule has 4 aliphatic rings. The highest BCUT2D eigenvalue weighted by Gasteiger charge is 2.46. The fraction of sp³-hybridized carbons (Fsp3) is 0.763. The zero-order valence-electron chi connectivity index (χ0n) is 82.6. The van der Waals surface area contributed by atoms with E-state index in [1.54, 1.807) is 20.1 Å². The zero-order valence-corrected chi connectivity index (χ0v) is 83.4. The molecule has 0 unspecified atom stereocenters. The van der Waals surface area contributed by atoms with Crippen LogP contribution in [-0.4, -0.2) is 302 Å². The number of hydrogen-bond donors (Lipinski definition) is 20. The summed E-state index contributed by atoms with van der Waals surface area (Å²) in [4.78, 5) is 261. The van der Waals surface area contributed by atoms with Crippen molar-refractivity contribution in [2.75, 3.05) is 57.8 Å². The third kappa shape index (κ3) is 40.8. The maximum Gasteiger partial charge on any atom is 0.246 e. The van der Waals surface area contributed by atoms with Crippen LogP contribution in [0, 0.1) is 11.8 Å². The SMILES string of the molecule is CCCCCCCCCCCCCCCCCC(=O)N[C@@H](C)C(=O)N[C@@H](CCCN=C(N)N)C(=O)N[C@@H](CC(C)C)C(=O)N1CCC[C@H]1C(=O)N[C@@H](CCCN=C(N)N)C(=O)N[C@H](C(=O)N[C@@H](CCSC)C(=O)N[C@H](C(=O)N[C@@H](Cc1cnc[nH]1)C(=O)N1CCC[C@H]1C(=O)N[C@@H](CCCCN)C(=O)N1CCC[C@H]1C(=O)N[C@@H](C)C(=O)N[C@@H](CCC(N)=O)C(=O)N1CCC[C@H]1C(N)=O)C(C)C)[C@@H](C)O. The summed E-state index contributed by atoms with van der Waals surface area (Å²) < 4.78 is 0. The fourth-order valence-corrected chi connectivity index (χ4v) is 18.1. The van der Waals surface area contributed by atoms with Crippen LogP contribution in [0.25, 0.3) is 0 Å². The monoisotopic (exact) mass is 1960 g/mol. The maximum atomic E-state index is 15.2. The van der Waals surface area contributed by atoms with Gasteiger partial charge in [-0.2, -0.15) is 11.8 Å². The van der Waals surface area contributed by atoms with Crippen LogP contribution in [0.4, 0.5) is 0 Å². The number of nitrogens with one attached hydrogen (secondary N) is 12. The number of unbranched alkanes of at least 4 members (excludes halogenated alkanes) is 15. The Morgan fingerprint density at radius 1 is 0.428 bits per heavy atom. The van der Waals surface area contributed by atoms with Crippen molar-refractivity contribution in [3.05, 3.63) is 18.2 Å². The number of imidazole rings is 1. The number of H-pyrrole nitrogens is 1. The number of hydrogen-bond acceptors (Lipinski definition) is 23. The molecule has 45 heteroatoms. The number of aliphatic hydroxyl groups is 1. The lowest BCUT2D eigenvalue weighted by Gasteiger charge is -2.33. The minimum absolute atomic E-state index is 0.0169. The molecule has 0 spiro atoms. The van der Waals surface area contributed by atoms with Crippen LogP contribution in [0.5, 0.6) is 0 Å². The average molecular weight is 1960 g/mol. The number of likely N-dealkylation sites (tertiary alicyclic amines) is 4. The normalized spacial score (nSPS) is 18.4.